The minimum Gasteiger partial charge on any atom is -0.349 e. The van der Waals surface area contributed by atoms with Crippen LogP contribution in [0.4, 0.5) is 30.2 Å². The fourth-order valence-corrected chi connectivity index (χ4v) is 3.41. The highest BCUT2D eigenvalue weighted by molar-refractivity contribution is 6.03. The molecule has 2 aromatic rings. The van der Waals surface area contributed by atoms with Gasteiger partial charge in [-0.05, 0) is 57.2 Å². The van der Waals surface area contributed by atoms with Gasteiger partial charge in [0.25, 0.3) is 5.69 Å². The number of nitro benzene ring substituents is 1. The van der Waals surface area contributed by atoms with Crippen molar-refractivity contribution in [3.05, 3.63) is 63.7 Å². The van der Waals surface area contributed by atoms with Gasteiger partial charge in [0.05, 0.1) is 10.5 Å². The van der Waals surface area contributed by atoms with E-state index in [1.165, 1.54) is 0 Å². The van der Waals surface area contributed by atoms with Crippen LogP contribution in [0.1, 0.15) is 28.8 Å². The van der Waals surface area contributed by atoms with E-state index >= 15 is 0 Å². The van der Waals surface area contributed by atoms with Gasteiger partial charge in [-0.25, -0.2) is 0 Å². The second-order valence-electron chi connectivity index (χ2n) is 7.10. The van der Waals surface area contributed by atoms with E-state index in [0.29, 0.717) is 30.2 Å². The summed E-state index contributed by atoms with van der Waals surface area (Å²) in [4.78, 5) is 25.6. The highest BCUT2D eigenvalue weighted by Crippen LogP contribution is 2.37. The number of nitrogens with one attached hydrogen (secondary N) is 1. The molecule has 0 saturated carbocycles. The number of nitro groups is 1. The SMILES string of the molecule is CN1CCC(C(=O)c2ccccc2Nc2ccc(C(F)(F)F)cc2[N+](=O)[O-])CC1. The molecule has 29 heavy (non-hydrogen) atoms. The summed E-state index contributed by atoms with van der Waals surface area (Å²) in [6, 6.07) is 8.83. The van der Waals surface area contributed by atoms with Crippen LogP contribution in [0.25, 0.3) is 0 Å². The Morgan fingerprint density at radius 2 is 1.79 bits per heavy atom. The Balaban J connectivity index is 1.91. The molecular weight excluding hydrogens is 387 g/mol. The monoisotopic (exact) mass is 407 g/mol. The van der Waals surface area contributed by atoms with Gasteiger partial charge in [0.2, 0.25) is 0 Å². The molecule has 0 radical (unpaired) electrons. The van der Waals surface area contributed by atoms with Crippen molar-refractivity contribution in [2.24, 2.45) is 5.92 Å². The van der Waals surface area contributed by atoms with Gasteiger partial charge in [-0.15, -0.1) is 0 Å². The van der Waals surface area contributed by atoms with E-state index in [-0.39, 0.29) is 17.4 Å². The van der Waals surface area contributed by atoms with Crippen LogP contribution < -0.4 is 5.32 Å². The Hall–Kier alpha value is -2.94. The van der Waals surface area contributed by atoms with Crippen LogP contribution in [-0.4, -0.2) is 35.7 Å². The van der Waals surface area contributed by atoms with E-state index in [9.17, 15) is 28.1 Å². The number of rotatable bonds is 5. The molecule has 1 N–H and O–H groups in total. The van der Waals surface area contributed by atoms with Gasteiger partial charge < -0.3 is 10.2 Å². The number of piperidine rings is 1. The lowest BCUT2D eigenvalue weighted by Gasteiger charge is -2.28. The van der Waals surface area contributed by atoms with Crippen molar-refractivity contribution in [1.82, 2.24) is 4.90 Å². The fraction of sp³-hybridized carbons (Fsp3) is 0.350. The molecule has 0 spiro atoms. The lowest BCUT2D eigenvalue weighted by atomic mass is 9.88. The molecule has 0 bridgehead atoms. The van der Waals surface area contributed by atoms with Crippen molar-refractivity contribution in [2.45, 2.75) is 19.0 Å². The molecule has 1 heterocycles. The van der Waals surface area contributed by atoms with Gasteiger partial charge >= 0.3 is 6.18 Å². The molecule has 1 fully saturated rings. The van der Waals surface area contributed by atoms with Crippen molar-refractivity contribution in [3.8, 4) is 0 Å². The molecule has 9 heteroatoms. The summed E-state index contributed by atoms with van der Waals surface area (Å²) in [6.07, 6.45) is -3.26. The van der Waals surface area contributed by atoms with Crippen molar-refractivity contribution in [3.63, 3.8) is 0 Å². The van der Waals surface area contributed by atoms with Crippen molar-refractivity contribution >= 4 is 22.8 Å². The summed E-state index contributed by atoms with van der Waals surface area (Å²) in [7, 11) is 1.99. The molecule has 0 amide bonds. The average molecular weight is 407 g/mol. The van der Waals surface area contributed by atoms with Crippen LogP contribution in [0.2, 0.25) is 0 Å². The smallest absolute Gasteiger partial charge is 0.349 e. The number of Topliss-reactive ketones (excluding diaryl/α,β-unsaturated/α-hetero) is 1. The third-order valence-corrected chi connectivity index (χ3v) is 5.07. The number of alkyl halides is 3. The van der Waals surface area contributed by atoms with Crippen LogP contribution in [0.3, 0.4) is 0 Å². The van der Waals surface area contributed by atoms with Crippen molar-refractivity contribution in [1.29, 1.82) is 0 Å². The number of para-hydroxylation sites is 1. The number of ketones is 1. The number of halogens is 3. The number of hydrogen-bond acceptors (Lipinski definition) is 5. The molecule has 154 valence electrons. The molecule has 0 unspecified atom stereocenters. The summed E-state index contributed by atoms with van der Waals surface area (Å²) in [5, 5.41) is 14.1. The average Bonchev–Trinajstić information content (AvgIpc) is 2.68. The van der Waals surface area contributed by atoms with Gasteiger partial charge in [0.15, 0.2) is 5.78 Å². The Labute approximate surface area is 165 Å². The highest BCUT2D eigenvalue weighted by atomic mass is 19.4. The second-order valence-corrected chi connectivity index (χ2v) is 7.10. The van der Waals surface area contributed by atoms with Crippen LogP contribution in [0.5, 0.6) is 0 Å². The zero-order chi connectivity index (χ0) is 21.2. The highest BCUT2D eigenvalue weighted by Gasteiger charge is 2.33. The summed E-state index contributed by atoms with van der Waals surface area (Å²) in [5.74, 6) is -0.229. The van der Waals surface area contributed by atoms with Gasteiger partial charge in [-0.3, -0.25) is 14.9 Å². The lowest BCUT2D eigenvalue weighted by Crippen LogP contribution is -2.33. The summed E-state index contributed by atoms with van der Waals surface area (Å²) in [6.45, 7) is 1.60. The molecule has 1 aliphatic rings. The number of benzene rings is 2. The van der Waals surface area contributed by atoms with Gasteiger partial charge in [-0.2, -0.15) is 13.2 Å². The van der Waals surface area contributed by atoms with E-state index < -0.39 is 22.4 Å². The van der Waals surface area contributed by atoms with Crippen LogP contribution in [-0.2, 0) is 6.18 Å². The number of carbonyl (C=O) groups excluding carboxylic acids is 1. The number of anilines is 2. The Morgan fingerprint density at radius 3 is 2.41 bits per heavy atom. The zero-order valence-corrected chi connectivity index (χ0v) is 15.7. The van der Waals surface area contributed by atoms with E-state index in [2.05, 4.69) is 10.2 Å². The summed E-state index contributed by atoms with van der Waals surface area (Å²) >= 11 is 0. The first-order valence-corrected chi connectivity index (χ1v) is 9.11. The predicted molar refractivity (Wildman–Crippen MR) is 102 cm³/mol. The van der Waals surface area contributed by atoms with Crippen molar-refractivity contribution in [2.75, 3.05) is 25.5 Å². The maximum absolute atomic E-state index is 13.0. The normalized spacial score (nSPS) is 15.9. The number of nitrogens with zero attached hydrogens (tertiary/aromatic N) is 2. The first-order valence-electron chi connectivity index (χ1n) is 9.11. The third-order valence-electron chi connectivity index (χ3n) is 5.07. The topological polar surface area (TPSA) is 75.5 Å². The first kappa shape index (κ1) is 20.8. The maximum Gasteiger partial charge on any atom is 0.416 e. The largest absolute Gasteiger partial charge is 0.416 e. The van der Waals surface area contributed by atoms with Gasteiger partial charge in [0, 0.05) is 23.2 Å². The lowest BCUT2D eigenvalue weighted by molar-refractivity contribution is -0.384. The van der Waals surface area contributed by atoms with Gasteiger partial charge in [-0.1, -0.05) is 12.1 Å². The fourth-order valence-electron chi connectivity index (χ4n) is 3.41. The molecule has 1 saturated heterocycles. The number of carbonyl (C=O) groups is 1. The minimum atomic E-state index is -4.69. The molecule has 2 aromatic carbocycles. The van der Waals surface area contributed by atoms with Gasteiger partial charge in [0.1, 0.15) is 5.69 Å². The molecule has 0 aromatic heterocycles. The van der Waals surface area contributed by atoms with Crippen LogP contribution in [0.15, 0.2) is 42.5 Å². The molecule has 3 rings (SSSR count). The molecule has 0 aliphatic carbocycles. The Bertz CT molecular complexity index is 923. The van der Waals surface area contributed by atoms with E-state index in [4.69, 9.17) is 0 Å². The first-order chi connectivity index (χ1) is 13.7. The summed E-state index contributed by atoms with van der Waals surface area (Å²) in [5.41, 5.74) is -1.21. The summed E-state index contributed by atoms with van der Waals surface area (Å²) < 4.78 is 38.7. The Kier molecular flexibility index (Phi) is 5.88. The maximum atomic E-state index is 13.0. The quantitative estimate of drug-likeness (QED) is 0.434. The standard InChI is InChI=1S/C20H20F3N3O3/c1-25-10-8-13(9-11-25)19(27)15-4-2-3-5-16(15)24-17-7-6-14(20(21,22)23)12-18(17)26(28)29/h2-7,12-13,24H,8-11H2,1H3. The molecule has 0 atom stereocenters. The minimum absolute atomic E-state index is 0.0734. The van der Waals surface area contributed by atoms with E-state index in [1.807, 2.05) is 7.05 Å². The zero-order valence-electron chi connectivity index (χ0n) is 15.7. The Morgan fingerprint density at radius 1 is 1.14 bits per heavy atom. The van der Waals surface area contributed by atoms with Crippen molar-refractivity contribution < 1.29 is 22.9 Å². The second kappa shape index (κ2) is 8.20. The predicted octanol–water partition coefficient (Wildman–Crippen LogP) is 4.88. The molecular formula is C20H20F3N3O3. The van der Waals surface area contributed by atoms with Crippen LogP contribution >= 0.6 is 0 Å². The molecule has 6 nitrogen and oxygen atoms in total. The van der Waals surface area contributed by atoms with E-state index in [1.54, 1.807) is 24.3 Å². The molecule has 1 aliphatic heterocycles. The third kappa shape index (κ3) is 4.73. The number of hydrogen-bond donors (Lipinski definition) is 1. The van der Waals surface area contributed by atoms with E-state index in [0.717, 1.165) is 25.2 Å². The number of likely N-dealkylation sites (tertiary alicyclic amines) is 1. The van der Waals surface area contributed by atoms with Crippen LogP contribution in [0, 0.1) is 16.0 Å².